The van der Waals surface area contributed by atoms with Crippen LogP contribution in [0.25, 0.3) is 0 Å². The normalized spacial score (nSPS) is 13.0. The average Bonchev–Trinajstić information content (AvgIpc) is 2.69. The van der Waals surface area contributed by atoms with Gasteiger partial charge in [0.1, 0.15) is 11.5 Å². The first-order valence-electron chi connectivity index (χ1n) is 9.85. The molecule has 28 heavy (non-hydrogen) atoms. The summed E-state index contributed by atoms with van der Waals surface area (Å²) in [6, 6.07) is 18.3. The van der Waals surface area contributed by atoms with Crippen LogP contribution in [0.5, 0.6) is 0 Å². The van der Waals surface area contributed by atoms with Crippen LogP contribution < -0.4 is 0 Å². The van der Waals surface area contributed by atoms with Crippen molar-refractivity contribution in [2.24, 2.45) is 0 Å². The maximum atomic E-state index is 10.8. The van der Waals surface area contributed by atoms with Gasteiger partial charge in [-0.15, -0.1) is 0 Å². The number of hydrogen-bond donors (Lipinski definition) is 0. The van der Waals surface area contributed by atoms with E-state index in [1.165, 1.54) is 42.8 Å². The lowest BCUT2D eigenvalue weighted by Crippen LogP contribution is -2.22. The van der Waals surface area contributed by atoms with Gasteiger partial charge in [0.25, 0.3) is 0 Å². The molecule has 0 saturated heterocycles. The highest BCUT2D eigenvalue weighted by molar-refractivity contribution is 7.97. The van der Waals surface area contributed by atoms with Gasteiger partial charge in [-0.3, -0.25) is 4.18 Å². The van der Waals surface area contributed by atoms with E-state index in [-0.39, 0.29) is 22.8 Å². The molecule has 0 fully saturated rings. The number of benzene rings is 2. The Hall–Kier alpha value is -1.34. The van der Waals surface area contributed by atoms with Gasteiger partial charge in [0.05, 0.1) is 6.61 Å². The molecule has 1 atom stereocenters. The maximum absolute atomic E-state index is 10.8. The van der Waals surface area contributed by atoms with E-state index in [0.29, 0.717) is 5.56 Å². The lowest BCUT2D eigenvalue weighted by atomic mass is 10.0. The summed E-state index contributed by atoms with van der Waals surface area (Å²) in [4.78, 5) is 0. The molecule has 0 N–H and O–H groups in total. The number of unbranched alkanes of at least 4 members (excludes halogenated alkanes) is 2. The molecule has 0 aliphatic carbocycles. The summed E-state index contributed by atoms with van der Waals surface area (Å²) in [5.74, 6) is 2.37. The summed E-state index contributed by atoms with van der Waals surface area (Å²) in [6.07, 6.45) is 4.75. The summed E-state index contributed by atoms with van der Waals surface area (Å²) < 4.78 is 36.9. The standard InChI is InChI=1S/C22H30O4S2/c1-3-5-15-27(16-6-4-2)22(20-12-8-7-9-13-20)21-14-10-11-19(17-21)18-26-28(23,24)25/h7-14,17,22H,3-6,15-16,18H2,1-2H3. The highest BCUT2D eigenvalue weighted by Crippen LogP contribution is 2.34. The second-order valence-corrected chi connectivity index (χ2v) is 10.3. The summed E-state index contributed by atoms with van der Waals surface area (Å²) in [5, 5.41) is 0.267. The third kappa shape index (κ3) is 7.59. The van der Waals surface area contributed by atoms with E-state index in [1.54, 1.807) is 6.07 Å². The fourth-order valence-corrected chi connectivity index (χ4v) is 6.54. The second-order valence-electron chi connectivity index (χ2n) is 6.86. The molecule has 6 heteroatoms. The quantitative estimate of drug-likeness (QED) is 0.275. The second kappa shape index (κ2) is 11.6. The zero-order valence-corrected chi connectivity index (χ0v) is 18.3. The van der Waals surface area contributed by atoms with E-state index in [4.69, 9.17) is 0 Å². The molecule has 2 aromatic carbocycles. The van der Waals surface area contributed by atoms with Gasteiger partial charge in [-0.25, -0.2) is 8.42 Å². The van der Waals surface area contributed by atoms with E-state index >= 15 is 0 Å². The Kier molecular flexibility index (Phi) is 9.51. The highest BCUT2D eigenvalue weighted by Gasteiger charge is 2.32. The van der Waals surface area contributed by atoms with Crippen LogP contribution >= 0.6 is 0 Å². The molecule has 0 saturated carbocycles. The monoisotopic (exact) mass is 422 g/mol. The molecule has 0 aromatic heterocycles. The first kappa shape index (κ1) is 22.9. The molecule has 0 aliphatic heterocycles. The van der Waals surface area contributed by atoms with Gasteiger partial charge in [0.15, 0.2) is 5.25 Å². The molecule has 0 aliphatic rings. The molecule has 4 nitrogen and oxygen atoms in total. The first-order chi connectivity index (χ1) is 13.4. The minimum atomic E-state index is -4.70. The third-order valence-electron chi connectivity index (χ3n) is 4.58. The van der Waals surface area contributed by atoms with Gasteiger partial charge in [-0.05, 0) is 35.4 Å². The minimum absolute atomic E-state index is 0.186. The highest BCUT2D eigenvalue weighted by atomic mass is 32.3. The van der Waals surface area contributed by atoms with Crippen molar-refractivity contribution in [2.45, 2.75) is 51.4 Å². The molecule has 0 heterocycles. The summed E-state index contributed by atoms with van der Waals surface area (Å²) in [6.45, 7) is 4.22. The predicted octanol–water partition coefficient (Wildman–Crippen LogP) is 4.97. The van der Waals surface area contributed by atoms with E-state index in [2.05, 4.69) is 48.4 Å². The van der Waals surface area contributed by atoms with Gasteiger partial charge in [-0.1, -0.05) is 75.2 Å². The van der Waals surface area contributed by atoms with Crippen LogP contribution in [0.4, 0.5) is 0 Å². The molecule has 154 valence electrons. The molecule has 0 amide bonds. The van der Waals surface area contributed by atoms with Crippen LogP contribution in [0, 0.1) is 0 Å². The van der Waals surface area contributed by atoms with Crippen molar-refractivity contribution >= 4 is 21.3 Å². The van der Waals surface area contributed by atoms with Gasteiger partial charge in [0, 0.05) is 11.1 Å². The zero-order valence-electron chi connectivity index (χ0n) is 16.7. The summed E-state index contributed by atoms with van der Waals surface area (Å²) >= 11 is 0. The predicted molar refractivity (Wildman–Crippen MR) is 116 cm³/mol. The Morgan fingerprint density at radius 3 is 2.11 bits per heavy atom. The van der Waals surface area contributed by atoms with Crippen LogP contribution in [-0.4, -0.2) is 24.5 Å². The van der Waals surface area contributed by atoms with Crippen LogP contribution in [0.1, 0.15) is 61.5 Å². The van der Waals surface area contributed by atoms with Crippen LogP contribution in [0.3, 0.4) is 0 Å². The molecular formula is C22H30O4S2. The van der Waals surface area contributed by atoms with Gasteiger partial charge in [0.2, 0.25) is 10.4 Å². The topological polar surface area (TPSA) is 66.4 Å². The molecule has 2 rings (SSSR count). The van der Waals surface area contributed by atoms with E-state index < -0.39 is 10.4 Å². The molecule has 0 spiro atoms. The van der Waals surface area contributed by atoms with Crippen LogP contribution in [-0.2, 0) is 32.1 Å². The Morgan fingerprint density at radius 2 is 1.54 bits per heavy atom. The van der Waals surface area contributed by atoms with Crippen molar-refractivity contribution in [2.75, 3.05) is 11.5 Å². The van der Waals surface area contributed by atoms with Crippen molar-refractivity contribution < 1.29 is 17.2 Å². The summed E-state index contributed by atoms with van der Waals surface area (Å²) in [5.41, 5.74) is 3.14. The SMILES string of the molecule is CCCC[S+](CCCC)C(c1ccccc1)c1cccc(COS(=O)(=O)[O-])c1. The van der Waals surface area contributed by atoms with Gasteiger partial charge < -0.3 is 4.55 Å². The van der Waals surface area contributed by atoms with E-state index in [0.717, 1.165) is 5.56 Å². The fraction of sp³-hybridized carbons (Fsp3) is 0.455. The van der Waals surface area contributed by atoms with Crippen molar-refractivity contribution in [1.82, 2.24) is 0 Å². The Bertz CT molecular complexity index is 798. The van der Waals surface area contributed by atoms with Crippen LogP contribution in [0.2, 0.25) is 0 Å². The minimum Gasteiger partial charge on any atom is -0.726 e. The fourth-order valence-electron chi connectivity index (χ4n) is 3.19. The smallest absolute Gasteiger partial charge is 0.217 e. The Morgan fingerprint density at radius 1 is 0.929 bits per heavy atom. The van der Waals surface area contributed by atoms with Crippen molar-refractivity contribution in [3.05, 3.63) is 71.3 Å². The Balaban J connectivity index is 2.37. The number of rotatable bonds is 12. The lowest BCUT2D eigenvalue weighted by Gasteiger charge is -2.21. The molecule has 2 aromatic rings. The lowest BCUT2D eigenvalue weighted by molar-refractivity contribution is 0.253. The van der Waals surface area contributed by atoms with Crippen molar-refractivity contribution in [3.63, 3.8) is 0 Å². The molecular weight excluding hydrogens is 392 g/mol. The molecule has 1 unspecified atom stereocenters. The molecule has 0 bridgehead atoms. The largest absolute Gasteiger partial charge is 0.726 e. The van der Waals surface area contributed by atoms with Crippen LogP contribution in [0.15, 0.2) is 54.6 Å². The van der Waals surface area contributed by atoms with E-state index in [9.17, 15) is 13.0 Å². The zero-order chi connectivity index (χ0) is 20.4. The van der Waals surface area contributed by atoms with Crippen molar-refractivity contribution in [3.8, 4) is 0 Å². The Labute approximate surface area is 172 Å². The first-order valence-corrected chi connectivity index (χ1v) is 12.8. The van der Waals surface area contributed by atoms with Gasteiger partial charge in [-0.2, -0.15) is 0 Å². The van der Waals surface area contributed by atoms with Gasteiger partial charge >= 0.3 is 0 Å². The molecule has 0 radical (unpaired) electrons. The number of hydrogen-bond acceptors (Lipinski definition) is 4. The average molecular weight is 423 g/mol. The third-order valence-corrected chi connectivity index (χ3v) is 7.82. The van der Waals surface area contributed by atoms with E-state index in [1.807, 2.05) is 18.2 Å². The summed E-state index contributed by atoms with van der Waals surface area (Å²) in [7, 11) is -4.51. The maximum Gasteiger partial charge on any atom is 0.217 e. The van der Waals surface area contributed by atoms with Crippen molar-refractivity contribution in [1.29, 1.82) is 0 Å².